The molecular weight excluding hydrogens is 294 g/mol. The second kappa shape index (κ2) is 5.72. The van der Waals surface area contributed by atoms with Gasteiger partial charge in [0.15, 0.2) is 5.75 Å². The van der Waals surface area contributed by atoms with Gasteiger partial charge in [-0.1, -0.05) is 11.6 Å². The van der Waals surface area contributed by atoms with Crippen LogP contribution in [0.5, 0.6) is 11.5 Å². The highest BCUT2D eigenvalue weighted by Crippen LogP contribution is 2.35. The number of primary amides is 2. The van der Waals surface area contributed by atoms with Gasteiger partial charge in [-0.2, -0.15) is 0 Å². The van der Waals surface area contributed by atoms with Gasteiger partial charge in [-0.3, -0.25) is 9.59 Å². The Labute approximate surface area is 125 Å². The molecule has 21 heavy (non-hydrogen) atoms. The minimum atomic E-state index is -0.715. The van der Waals surface area contributed by atoms with Crippen molar-refractivity contribution < 1.29 is 14.3 Å². The third-order valence-corrected chi connectivity index (χ3v) is 2.97. The largest absolute Gasteiger partial charge is 0.455 e. The molecular formula is C14H12ClN3O3. The van der Waals surface area contributed by atoms with Crippen molar-refractivity contribution in [3.8, 4) is 11.5 Å². The Kier molecular flexibility index (Phi) is 4.00. The Bertz CT molecular complexity index is 714. The Hall–Kier alpha value is -2.73. The maximum absolute atomic E-state index is 11.4. The smallest absolute Gasteiger partial charge is 0.252 e. The standard InChI is InChI=1S/C14H12ClN3O3/c15-11-6-8(16)5-10(14(18)20)12(11)21-9-3-1-7(2-4-9)13(17)19/h1-6H,16H2,(H2,17,19)(H2,18,20). The predicted molar refractivity (Wildman–Crippen MR) is 79.4 cm³/mol. The lowest BCUT2D eigenvalue weighted by Gasteiger charge is -2.12. The Morgan fingerprint density at radius 2 is 1.62 bits per heavy atom. The van der Waals surface area contributed by atoms with Crippen molar-refractivity contribution >= 4 is 29.1 Å². The van der Waals surface area contributed by atoms with Crippen LogP contribution in [0.25, 0.3) is 0 Å². The average molecular weight is 306 g/mol. The van der Waals surface area contributed by atoms with Crippen LogP contribution in [0, 0.1) is 0 Å². The summed E-state index contributed by atoms with van der Waals surface area (Å²) in [6.07, 6.45) is 0. The van der Waals surface area contributed by atoms with Crippen molar-refractivity contribution in [2.75, 3.05) is 5.73 Å². The van der Waals surface area contributed by atoms with Crippen LogP contribution >= 0.6 is 11.6 Å². The summed E-state index contributed by atoms with van der Waals surface area (Å²) in [4.78, 5) is 22.4. The fourth-order valence-electron chi connectivity index (χ4n) is 1.71. The lowest BCUT2D eigenvalue weighted by atomic mass is 10.1. The maximum atomic E-state index is 11.4. The van der Waals surface area contributed by atoms with Gasteiger partial charge in [0.1, 0.15) is 5.75 Å². The van der Waals surface area contributed by atoms with Gasteiger partial charge in [0.25, 0.3) is 5.91 Å². The van der Waals surface area contributed by atoms with E-state index in [0.717, 1.165) is 0 Å². The molecule has 0 radical (unpaired) electrons. The Balaban J connectivity index is 2.39. The van der Waals surface area contributed by atoms with Crippen LogP contribution in [0.1, 0.15) is 20.7 Å². The van der Waals surface area contributed by atoms with Crippen LogP contribution in [0.15, 0.2) is 36.4 Å². The molecule has 2 amide bonds. The third kappa shape index (κ3) is 3.24. The zero-order chi connectivity index (χ0) is 15.6. The van der Waals surface area contributed by atoms with E-state index in [2.05, 4.69) is 0 Å². The van der Waals surface area contributed by atoms with Gasteiger partial charge < -0.3 is 21.9 Å². The molecule has 0 aliphatic heterocycles. The van der Waals surface area contributed by atoms with E-state index >= 15 is 0 Å². The molecule has 2 rings (SSSR count). The average Bonchev–Trinajstić information content (AvgIpc) is 2.41. The minimum Gasteiger partial charge on any atom is -0.455 e. The van der Waals surface area contributed by atoms with Crippen LogP contribution in [0.2, 0.25) is 5.02 Å². The number of nitrogen functional groups attached to an aromatic ring is 1. The molecule has 0 saturated heterocycles. The summed E-state index contributed by atoms with van der Waals surface area (Å²) in [5.41, 5.74) is 16.7. The van der Waals surface area contributed by atoms with Gasteiger partial charge in [-0.25, -0.2) is 0 Å². The highest BCUT2D eigenvalue weighted by atomic mass is 35.5. The van der Waals surface area contributed by atoms with Gasteiger partial charge in [0, 0.05) is 11.3 Å². The zero-order valence-corrected chi connectivity index (χ0v) is 11.6. The molecule has 7 heteroatoms. The number of rotatable bonds is 4. The van der Waals surface area contributed by atoms with Crippen molar-refractivity contribution in [1.82, 2.24) is 0 Å². The molecule has 0 spiro atoms. The van der Waals surface area contributed by atoms with Crippen molar-refractivity contribution in [1.29, 1.82) is 0 Å². The SMILES string of the molecule is NC(=O)c1ccc(Oc2c(Cl)cc(N)cc2C(N)=O)cc1. The summed E-state index contributed by atoms with van der Waals surface area (Å²) in [5, 5.41) is 0.155. The first kappa shape index (κ1) is 14.7. The van der Waals surface area contributed by atoms with Gasteiger partial charge in [0.05, 0.1) is 10.6 Å². The lowest BCUT2D eigenvalue weighted by Crippen LogP contribution is -2.13. The van der Waals surface area contributed by atoms with Crippen LogP contribution in [0.4, 0.5) is 5.69 Å². The van der Waals surface area contributed by atoms with E-state index in [1.54, 1.807) is 0 Å². The third-order valence-electron chi connectivity index (χ3n) is 2.69. The number of carbonyl (C=O) groups is 2. The van der Waals surface area contributed by atoms with Crippen LogP contribution < -0.4 is 21.9 Å². The van der Waals surface area contributed by atoms with Gasteiger partial charge in [-0.05, 0) is 36.4 Å². The molecule has 2 aromatic carbocycles. The second-order valence-corrected chi connectivity index (χ2v) is 4.64. The maximum Gasteiger partial charge on any atom is 0.252 e. The van der Waals surface area contributed by atoms with Crippen LogP contribution in [-0.2, 0) is 0 Å². The summed E-state index contributed by atoms with van der Waals surface area (Å²) in [7, 11) is 0. The second-order valence-electron chi connectivity index (χ2n) is 4.23. The fourth-order valence-corrected chi connectivity index (χ4v) is 1.97. The molecule has 0 saturated carbocycles. The van der Waals surface area contributed by atoms with Gasteiger partial charge >= 0.3 is 0 Å². The van der Waals surface area contributed by atoms with Crippen LogP contribution in [-0.4, -0.2) is 11.8 Å². The molecule has 6 nitrogen and oxygen atoms in total. The van der Waals surface area contributed by atoms with Gasteiger partial charge in [0.2, 0.25) is 5.91 Å². The van der Waals surface area contributed by atoms with E-state index in [1.165, 1.54) is 36.4 Å². The van der Waals surface area contributed by atoms with Crippen molar-refractivity contribution in [2.45, 2.75) is 0 Å². The van der Waals surface area contributed by atoms with E-state index in [1.807, 2.05) is 0 Å². The molecule has 0 aliphatic rings. The molecule has 0 aromatic heterocycles. The van der Waals surface area contributed by atoms with Crippen molar-refractivity contribution in [2.24, 2.45) is 11.5 Å². The molecule has 0 fully saturated rings. The first-order chi connectivity index (χ1) is 9.88. The van der Waals surface area contributed by atoms with Gasteiger partial charge in [-0.15, -0.1) is 0 Å². The zero-order valence-electron chi connectivity index (χ0n) is 10.8. The lowest BCUT2D eigenvalue weighted by molar-refractivity contribution is 0.0991. The van der Waals surface area contributed by atoms with Crippen LogP contribution in [0.3, 0.4) is 0 Å². The van der Waals surface area contributed by atoms with E-state index in [-0.39, 0.29) is 16.3 Å². The highest BCUT2D eigenvalue weighted by Gasteiger charge is 2.16. The number of carbonyl (C=O) groups excluding carboxylic acids is 2. The molecule has 0 bridgehead atoms. The minimum absolute atomic E-state index is 0.0685. The highest BCUT2D eigenvalue weighted by molar-refractivity contribution is 6.33. The number of anilines is 1. The van der Waals surface area contributed by atoms with E-state index < -0.39 is 11.8 Å². The summed E-state index contributed by atoms with van der Waals surface area (Å²) in [6.45, 7) is 0. The fraction of sp³-hybridized carbons (Fsp3) is 0. The number of amides is 2. The van der Waals surface area contributed by atoms with E-state index in [0.29, 0.717) is 17.0 Å². The number of nitrogens with two attached hydrogens (primary N) is 3. The monoisotopic (exact) mass is 305 g/mol. The van der Waals surface area contributed by atoms with E-state index in [4.69, 9.17) is 33.5 Å². The molecule has 6 N–H and O–H groups in total. The number of benzene rings is 2. The summed E-state index contributed by atoms with van der Waals surface area (Å²) >= 11 is 6.02. The number of ether oxygens (including phenoxy) is 1. The number of halogens is 1. The van der Waals surface area contributed by atoms with E-state index in [9.17, 15) is 9.59 Å². The summed E-state index contributed by atoms with van der Waals surface area (Å²) < 4.78 is 5.55. The molecule has 0 atom stereocenters. The van der Waals surface area contributed by atoms with Crippen molar-refractivity contribution in [3.05, 3.63) is 52.5 Å². The predicted octanol–water partition coefficient (Wildman–Crippen LogP) is 1.91. The number of hydrogen-bond donors (Lipinski definition) is 3. The molecule has 0 aliphatic carbocycles. The Morgan fingerprint density at radius 1 is 1.00 bits per heavy atom. The summed E-state index contributed by atoms with van der Waals surface area (Å²) in [5.74, 6) is -0.794. The quantitative estimate of drug-likeness (QED) is 0.747. The van der Waals surface area contributed by atoms with Crippen molar-refractivity contribution in [3.63, 3.8) is 0 Å². The molecule has 0 unspecified atom stereocenters. The molecule has 2 aromatic rings. The Morgan fingerprint density at radius 3 is 2.14 bits per heavy atom. The molecule has 108 valence electrons. The first-order valence-electron chi connectivity index (χ1n) is 5.85. The first-order valence-corrected chi connectivity index (χ1v) is 6.23. The normalized spacial score (nSPS) is 10.1. The topological polar surface area (TPSA) is 121 Å². The number of hydrogen-bond acceptors (Lipinski definition) is 4. The summed E-state index contributed by atoms with van der Waals surface area (Å²) in [6, 6.07) is 8.86. The molecule has 0 heterocycles.